The molecule has 0 radical (unpaired) electrons. The number of benzene rings is 1. The monoisotopic (exact) mass is 233 g/mol. The van der Waals surface area contributed by atoms with Gasteiger partial charge < -0.3 is 11.1 Å². The Balaban J connectivity index is 2.50. The maximum atomic E-state index is 11.4. The van der Waals surface area contributed by atoms with E-state index < -0.39 is 0 Å². The Labute approximate surface area is 99.1 Å². The van der Waals surface area contributed by atoms with Gasteiger partial charge in [-0.3, -0.25) is 4.79 Å². The molecule has 1 amide bonds. The van der Waals surface area contributed by atoms with Crippen LogP contribution in [0.2, 0.25) is 0 Å². The zero-order valence-electron chi connectivity index (χ0n) is 8.56. The Morgan fingerprint density at radius 3 is 2.50 bits per heavy atom. The Bertz CT molecular complexity index is 434. The second-order valence-corrected chi connectivity index (χ2v) is 3.73. The predicted molar refractivity (Wildman–Crippen MR) is 65.8 cm³/mol. The van der Waals surface area contributed by atoms with E-state index in [0.717, 1.165) is 0 Å². The van der Waals surface area contributed by atoms with E-state index in [0.29, 0.717) is 22.7 Å². The lowest BCUT2D eigenvalue weighted by Gasteiger charge is -2.04. The lowest BCUT2D eigenvalue weighted by Crippen LogP contribution is -2.15. The standard InChI is InChI=1S/C11H11N3OS/c12-7-8-1-3-9(4-2-8)14-11(15)6-5-10(13)16/h1-4H,5-6H2,(H2,13,16)(H,14,15). The molecule has 0 bridgehead atoms. The van der Waals surface area contributed by atoms with Crippen LogP contribution in [0.15, 0.2) is 24.3 Å². The van der Waals surface area contributed by atoms with Crippen molar-refractivity contribution < 1.29 is 4.79 Å². The molecule has 0 unspecified atom stereocenters. The van der Waals surface area contributed by atoms with Crippen LogP contribution in [-0.2, 0) is 4.79 Å². The minimum atomic E-state index is -0.141. The smallest absolute Gasteiger partial charge is 0.224 e. The number of nitrogens with one attached hydrogen (secondary N) is 1. The van der Waals surface area contributed by atoms with Gasteiger partial charge in [0.25, 0.3) is 0 Å². The van der Waals surface area contributed by atoms with Crippen molar-refractivity contribution in [1.29, 1.82) is 5.26 Å². The van der Waals surface area contributed by atoms with Gasteiger partial charge in [0.05, 0.1) is 16.6 Å². The summed E-state index contributed by atoms with van der Waals surface area (Å²) < 4.78 is 0. The topological polar surface area (TPSA) is 78.9 Å². The molecule has 4 nitrogen and oxygen atoms in total. The first-order valence-corrected chi connectivity index (χ1v) is 5.11. The molecule has 0 aliphatic heterocycles. The number of carbonyl (C=O) groups is 1. The lowest BCUT2D eigenvalue weighted by molar-refractivity contribution is -0.116. The van der Waals surface area contributed by atoms with Crippen LogP contribution < -0.4 is 11.1 Å². The SMILES string of the molecule is N#Cc1ccc(NC(=O)CCC(N)=S)cc1. The number of anilines is 1. The maximum absolute atomic E-state index is 11.4. The predicted octanol–water partition coefficient (Wildman–Crippen LogP) is 1.56. The second kappa shape index (κ2) is 5.83. The number of nitriles is 1. The fourth-order valence-corrected chi connectivity index (χ4v) is 1.19. The third-order valence-electron chi connectivity index (χ3n) is 1.90. The normalized spacial score (nSPS) is 9.19. The van der Waals surface area contributed by atoms with Gasteiger partial charge in [-0.25, -0.2) is 0 Å². The van der Waals surface area contributed by atoms with Crippen LogP contribution >= 0.6 is 12.2 Å². The first-order chi connectivity index (χ1) is 7.61. The van der Waals surface area contributed by atoms with Crippen LogP contribution in [0, 0.1) is 11.3 Å². The molecule has 5 heteroatoms. The summed E-state index contributed by atoms with van der Waals surface area (Å²) in [5, 5.41) is 11.3. The first-order valence-electron chi connectivity index (χ1n) is 4.70. The van der Waals surface area contributed by atoms with Crippen molar-refractivity contribution in [2.75, 3.05) is 5.32 Å². The highest BCUT2D eigenvalue weighted by Crippen LogP contribution is 2.09. The zero-order chi connectivity index (χ0) is 12.0. The summed E-state index contributed by atoms with van der Waals surface area (Å²) in [6.07, 6.45) is 0.673. The van der Waals surface area contributed by atoms with Crippen LogP contribution in [0.4, 0.5) is 5.69 Å². The number of nitrogens with zero attached hydrogens (tertiary/aromatic N) is 1. The average molecular weight is 233 g/mol. The summed E-state index contributed by atoms with van der Waals surface area (Å²) in [4.78, 5) is 11.7. The highest BCUT2D eigenvalue weighted by molar-refractivity contribution is 7.80. The van der Waals surface area contributed by atoms with Gasteiger partial charge in [0.1, 0.15) is 0 Å². The number of amides is 1. The van der Waals surface area contributed by atoms with E-state index in [2.05, 4.69) is 17.5 Å². The number of rotatable bonds is 4. The largest absolute Gasteiger partial charge is 0.393 e. The Morgan fingerprint density at radius 2 is 2.00 bits per heavy atom. The Hall–Kier alpha value is -1.93. The average Bonchev–Trinajstić information content (AvgIpc) is 2.27. The van der Waals surface area contributed by atoms with E-state index in [4.69, 9.17) is 11.0 Å². The third kappa shape index (κ3) is 4.07. The quantitative estimate of drug-likeness (QED) is 0.773. The van der Waals surface area contributed by atoms with E-state index >= 15 is 0 Å². The van der Waals surface area contributed by atoms with Crippen molar-refractivity contribution in [2.45, 2.75) is 12.8 Å². The van der Waals surface area contributed by atoms with E-state index in [1.54, 1.807) is 24.3 Å². The van der Waals surface area contributed by atoms with Crippen LogP contribution in [0.5, 0.6) is 0 Å². The molecule has 3 N–H and O–H groups in total. The molecular formula is C11H11N3OS. The lowest BCUT2D eigenvalue weighted by atomic mass is 10.2. The summed E-state index contributed by atoms with van der Waals surface area (Å²) in [6, 6.07) is 8.64. The van der Waals surface area contributed by atoms with Gasteiger partial charge in [-0.2, -0.15) is 5.26 Å². The number of hydrogen-bond donors (Lipinski definition) is 2. The minimum Gasteiger partial charge on any atom is -0.393 e. The molecular weight excluding hydrogens is 222 g/mol. The number of carbonyl (C=O) groups excluding carboxylic acids is 1. The van der Waals surface area contributed by atoms with Gasteiger partial charge in [0, 0.05) is 18.5 Å². The molecule has 0 heterocycles. The number of thiocarbonyl (C=S) groups is 1. The van der Waals surface area contributed by atoms with Crippen molar-refractivity contribution in [3.05, 3.63) is 29.8 Å². The van der Waals surface area contributed by atoms with Crippen molar-refractivity contribution in [1.82, 2.24) is 0 Å². The highest BCUT2D eigenvalue weighted by Gasteiger charge is 2.02. The van der Waals surface area contributed by atoms with Crippen molar-refractivity contribution in [2.24, 2.45) is 5.73 Å². The second-order valence-electron chi connectivity index (χ2n) is 3.20. The number of hydrogen-bond acceptors (Lipinski definition) is 3. The molecule has 1 aromatic rings. The Kier molecular flexibility index (Phi) is 4.42. The molecule has 0 atom stereocenters. The van der Waals surface area contributed by atoms with E-state index in [1.165, 1.54) is 0 Å². The molecule has 1 aromatic carbocycles. The van der Waals surface area contributed by atoms with Crippen LogP contribution in [0.1, 0.15) is 18.4 Å². The van der Waals surface area contributed by atoms with E-state index in [9.17, 15) is 4.79 Å². The molecule has 0 aromatic heterocycles. The fourth-order valence-electron chi connectivity index (χ4n) is 1.09. The molecule has 0 saturated carbocycles. The van der Waals surface area contributed by atoms with Gasteiger partial charge in [-0.1, -0.05) is 12.2 Å². The molecule has 1 rings (SSSR count). The van der Waals surface area contributed by atoms with Gasteiger partial charge in [0.2, 0.25) is 5.91 Å². The minimum absolute atomic E-state index is 0.141. The third-order valence-corrected chi connectivity index (χ3v) is 2.10. The molecule has 0 aliphatic carbocycles. The van der Waals surface area contributed by atoms with E-state index in [1.807, 2.05) is 6.07 Å². The molecule has 82 valence electrons. The molecule has 0 fully saturated rings. The summed E-state index contributed by atoms with van der Waals surface area (Å²) in [7, 11) is 0. The summed E-state index contributed by atoms with van der Waals surface area (Å²) in [6.45, 7) is 0. The van der Waals surface area contributed by atoms with E-state index in [-0.39, 0.29) is 12.3 Å². The van der Waals surface area contributed by atoms with Gasteiger partial charge in [-0.05, 0) is 24.3 Å². The first kappa shape index (κ1) is 12.1. The molecule has 0 aliphatic rings. The van der Waals surface area contributed by atoms with Crippen molar-refractivity contribution in [3.63, 3.8) is 0 Å². The Morgan fingerprint density at radius 1 is 1.38 bits per heavy atom. The van der Waals surface area contributed by atoms with Crippen LogP contribution in [0.3, 0.4) is 0 Å². The maximum Gasteiger partial charge on any atom is 0.224 e. The van der Waals surface area contributed by atoms with Crippen molar-refractivity contribution in [3.8, 4) is 6.07 Å². The fraction of sp³-hybridized carbons (Fsp3) is 0.182. The van der Waals surface area contributed by atoms with Gasteiger partial charge in [-0.15, -0.1) is 0 Å². The van der Waals surface area contributed by atoms with Gasteiger partial charge >= 0.3 is 0 Å². The zero-order valence-corrected chi connectivity index (χ0v) is 9.38. The summed E-state index contributed by atoms with van der Waals surface area (Å²) in [5.41, 5.74) is 6.50. The number of nitrogens with two attached hydrogens (primary N) is 1. The summed E-state index contributed by atoms with van der Waals surface area (Å²) >= 11 is 4.67. The summed E-state index contributed by atoms with van der Waals surface area (Å²) in [5.74, 6) is -0.141. The van der Waals surface area contributed by atoms with Crippen LogP contribution in [0.25, 0.3) is 0 Å². The molecule has 0 spiro atoms. The highest BCUT2D eigenvalue weighted by atomic mass is 32.1. The van der Waals surface area contributed by atoms with Crippen LogP contribution in [-0.4, -0.2) is 10.9 Å². The van der Waals surface area contributed by atoms with Crippen molar-refractivity contribution >= 4 is 28.8 Å². The van der Waals surface area contributed by atoms with Gasteiger partial charge in [0.15, 0.2) is 0 Å². The molecule has 16 heavy (non-hydrogen) atoms. The molecule has 0 saturated heterocycles.